The van der Waals surface area contributed by atoms with Gasteiger partial charge in [0.1, 0.15) is 0 Å². The highest BCUT2D eigenvalue weighted by atomic mass is 16.5. The molecule has 0 aliphatic carbocycles. The molecule has 0 spiro atoms. The van der Waals surface area contributed by atoms with E-state index in [9.17, 15) is 4.79 Å². The van der Waals surface area contributed by atoms with Crippen LogP contribution < -0.4 is 14.8 Å². The summed E-state index contributed by atoms with van der Waals surface area (Å²) in [5, 5.41) is 9.89. The van der Waals surface area contributed by atoms with E-state index >= 15 is 0 Å². The van der Waals surface area contributed by atoms with Crippen LogP contribution in [0.2, 0.25) is 0 Å². The SMILES string of the molecule is CCOc1ccc(NC(=O)c2n[nH]c3c2COCC3)cc1OCC. The molecule has 0 saturated heterocycles. The zero-order valence-corrected chi connectivity index (χ0v) is 13.8. The fourth-order valence-electron chi connectivity index (χ4n) is 2.62. The Bertz CT molecular complexity index is 727. The topological polar surface area (TPSA) is 85.5 Å². The molecule has 2 heterocycles. The number of hydrogen-bond acceptors (Lipinski definition) is 5. The van der Waals surface area contributed by atoms with Crippen LogP contribution >= 0.6 is 0 Å². The lowest BCUT2D eigenvalue weighted by atomic mass is 10.1. The highest BCUT2D eigenvalue weighted by Gasteiger charge is 2.22. The molecule has 0 radical (unpaired) electrons. The van der Waals surface area contributed by atoms with Gasteiger partial charge in [-0.25, -0.2) is 0 Å². The molecule has 7 nitrogen and oxygen atoms in total. The van der Waals surface area contributed by atoms with Crippen molar-refractivity contribution < 1.29 is 19.0 Å². The van der Waals surface area contributed by atoms with Crippen LogP contribution in [0.4, 0.5) is 5.69 Å². The Morgan fingerprint density at radius 1 is 1.29 bits per heavy atom. The van der Waals surface area contributed by atoms with Gasteiger partial charge in [0, 0.05) is 29.4 Å². The van der Waals surface area contributed by atoms with E-state index in [-0.39, 0.29) is 5.91 Å². The molecule has 0 atom stereocenters. The summed E-state index contributed by atoms with van der Waals surface area (Å²) in [4.78, 5) is 12.5. The first-order valence-corrected chi connectivity index (χ1v) is 8.07. The van der Waals surface area contributed by atoms with Crippen molar-refractivity contribution in [1.29, 1.82) is 0 Å². The van der Waals surface area contributed by atoms with Crippen LogP contribution in [-0.2, 0) is 17.8 Å². The molecular weight excluding hydrogens is 310 g/mol. The van der Waals surface area contributed by atoms with E-state index in [0.29, 0.717) is 49.3 Å². The van der Waals surface area contributed by atoms with Crippen molar-refractivity contribution >= 4 is 11.6 Å². The van der Waals surface area contributed by atoms with Gasteiger partial charge in [0.15, 0.2) is 17.2 Å². The van der Waals surface area contributed by atoms with E-state index in [2.05, 4.69) is 15.5 Å². The summed E-state index contributed by atoms with van der Waals surface area (Å²) in [6.07, 6.45) is 0.743. The number of fused-ring (bicyclic) bond motifs is 1. The molecule has 1 aliphatic heterocycles. The average molecular weight is 331 g/mol. The summed E-state index contributed by atoms with van der Waals surface area (Å²) in [6.45, 7) is 5.92. The summed E-state index contributed by atoms with van der Waals surface area (Å²) >= 11 is 0. The molecule has 1 aliphatic rings. The molecular formula is C17H21N3O4. The fourth-order valence-corrected chi connectivity index (χ4v) is 2.62. The third kappa shape index (κ3) is 3.35. The Labute approximate surface area is 140 Å². The van der Waals surface area contributed by atoms with E-state index in [4.69, 9.17) is 14.2 Å². The first-order chi connectivity index (χ1) is 11.7. The van der Waals surface area contributed by atoms with Gasteiger partial charge in [-0.2, -0.15) is 5.10 Å². The molecule has 128 valence electrons. The number of carbonyl (C=O) groups excluding carboxylic acids is 1. The van der Waals surface area contributed by atoms with Crippen molar-refractivity contribution in [2.45, 2.75) is 26.9 Å². The van der Waals surface area contributed by atoms with Gasteiger partial charge in [-0.3, -0.25) is 9.89 Å². The lowest BCUT2D eigenvalue weighted by Crippen LogP contribution is -2.17. The molecule has 0 bridgehead atoms. The number of nitrogens with one attached hydrogen (secondary N) is 2. The number of anilines is 1. The Hall–Kier alpha value is -2.54. The number of aromatic amines is 1. The van der Waals surface area contributed by atoms with E-state index in [0.717, 1.165) is 17.7 Å². The lowest BCUT2D eigenvalue weighted by Gasteiger charge is -2.14. The lowest BCUT2D eigenvalue weighted by molar-refractivity contribution is 0.0985. The van der Waals surface area contributed by atoms with E-state index in [1.165, 1.54) is 0 Å². The third-order valence-corrected chi connectivity index (χ3v) is 3.71. The summed E-state index contributed by atoms with van der Waals surface area (Å²) in [7, 11) is 0. The Morgan fingerprint density at radius 3 is 2.88 bits per heavy atom. The van der Waals surface area contributed by atoms with Gasteiger partial charge in [0.25, 0.3) is 5.91 Å². The van der Waals surface area contributed by atoms with Crippen LogP contribution in [0.25, 0.3) is 0 Å². The highest BCUT2D eigenvalue weighted by molar-refractivity contribution is 6.04. The second-order valence-corrected chi connectivity index (χ2v) is 5.31. The fraction of sp³-hybridized carbons (Fsp3) is 0.412. The molecule has 24 heavy (non-hydrogen) atoms. The highest BCUT2D eigenvalue weighted by Crippen LogP contribution is 2.31. The first kappa shape index (κ1) is 16.3. The maximum absolute atomic E-state index is 12.5. The maximum atomic E-state index is 12.5. The van der Waals surface area contributed by atoms with Gasteiger partial charge in [0.05, 0.1) is 26.4 Å². The van der Waals surface area contributed by atoms with E-state index in [1.54, 1.807) is 18.2 Å². The molecule has 3 rings (SSSR count). The van der Waals surface area contributed by atoms with Crippen molar-refractivity contribution in [3.05, 3.63) is 35.2 Å². The van der Waals surface area contributed by atoms with Crippen LogP contribution in [0, 0.1) is 0 Å². The Balaban J connectivity index is 1.79. The molecule has 2 N–H and O–H groups in total. The number of benzene rings is 1. The Kier molecular flexibility index (Phi) is 5.00. The quantitative estimate of drug-likeness (QED) is 0.849. The number of amides is 1. The average Bonchev–Trinajstić information content (AvgIpc) is 3.02. The largest absolute Gasteiger partial charge is 0.490 e. The number of nitrogens with zero attached hydrogens (tertiary/aromatic N) is 1. The molecule has 7 heteroatoms. The number of aromatic nitrogens is 2. The molecule has 1 aromatic heterocycles. The van der Waals surface area contributed by atoms with Gasteiger partial charge in [0.2, 0.25) is 0 Å². The molecule has 0 unspecified atom stereocenters. The maximum Gasteiger partial charge on any atom is 0.276 e. The second-order valence-electron chi connectivity index (χ2n) is 5.31. The van der Waals surface area contributed by atoms with E-state index in [1.807, 2.05) is 13.8 Å². The van der Waals surface area contributed by atoms with Crippen LogP contribution in [0.3, 0.4) is 0 Å². The molecule has 2 aromatic rings. The van der Waals surface area contributed by atoms with Crippen molar-refractivity contribution in [1.82, 2.24) is 10.2 Å². The summed E-state index contributed by atoms with van der Waals surface area (Å²) in [5.41, 5.74) is 2.79. The van der Waals surface area contributed by atoms with Crippen LogP contribution in [0.15, 0.2) is 18.2 Å². The van der Waals surface area contributed by atoms with Gasteiger partial charge in [-0.1, -0.05) is 0 Å². The number of carbonyl (C=O) groups is 1. The minimum atomic E-state index is -0.274. The zero-order valence-electron chi connectivity index (χ0n) is 13.8. The van der Waals surface area contributed by atoms with Crippen molar-refractivity contribution in [3.8, 4) is 11.5 Å². The first-order valence-electron chi connectivity index (χ1n) is 8.07. The number of ether oxygens (including phenoxy) is 3. The van der Waals surface area contributed by atoms with Crippen molar-refractivity contribution in [2.24, 2.45) is 0 Å². The summed E-state index contributed by atoms with van der Waals surface area (Å²) in [6, 6.07) is 5.32. The van der Waals surface area contributed by atoms with Crippen LogP contribution in [-0.4, -0.2) is 35.9 Å². The van der Waals surface area contributed by atoms with Gasteiger partial charge < -0.3 is 19.5 Å². The van der Waals surface area contributed by atoms with Crippen LogP contribution in [0.5, 0.6) is 11.5 Å². The number of H-pyrrole nitrogens is 1. The van der Waals surface area contributed by atoms with Crippen molar-refractivity contribution in [3.63, 3.8) is 0 Å². The van der Waals surface area contributed by atoms with E-state index < -0.39 is 0 Å². The smallest absolute Gasteiger partial charge is 0.276 e. The number of rotatable bonds is 6. The van der Waals surface area contributed by atoms with Gasteiger partial charge >= 0.3 is 0 Å². The normalized spacial score (nSPS) is 13.2. The summed E-state index contributed by atoms with van der Waals surface area (Å²) in [5.74, 6) is 0.983. The summed E-state index contributed by atoms with van der Waals surface area (Å²) < 4.78 is 16.5. The van der Waals surface area contributed by atoms with Crippen LogP contribution in [0.1, 0.15) is 35.6 Å². The predicted octanol–water partition coefficient (Wildman–Crippen LogP) is 2.53. The van der Waals surface area contributed by atoms with Crippen molar-refractivity contribution in [2.75, 3.05) is 25.1 Å². The Morgan fingerprint density at radius 2 is 2.08 bits per heavy atom. The molecule has 1 amide bonds. The molecule has 0 saturated carbocycles. The molecule has 0 fully saturated rings. The minimum absolute atomic E-state index is 0.274. The monoisotopic (exact) mass is 331 g/mol. The second kappa shape index (κ2) is 7.35. The number of hydrogen-bond donors (Lipinski definition) is 2. The zero-order chi connectivity index (χ0) is 16.9. The van der Waals surface area contributed by atoms with Gasteiger partial charge in [-0.05, 0) is 26.0 Å². The predicted molar refractivity (Wildman–Crippen MR) is 88.7 cm³/mol. The minimum Gasteiger partial charge on any atom is -0.490 e. The molecule has 1 aromatic carbocycles. The standard InChI is InChI=1S/C17H21N3O4/c1-3-23-14-6-5-11(9-15(14)24-4-2)18-17(21)16-12-10-22-8-7-13(12)19-20-16/h5-6,9H,3-4,7-8,10H2,1-2H3,(H,18,21)(H,19,20). The van der Waals surface area contributed by atoms with Gasteiger partial charge in [-0.15, -0.1) is 0 Å². The third-order valence-electron chi connectivity index (χ3n) is 3.71.